The van der Waals surface area contributed by atoms with E-state index in [4.69, 9.17) is 16.2 Å². The van der Waals surface area contributed by atoms with Crippen molar-refractivity contribution in [3.63, 3.8) is 0 Å². The molecule has 5 heteroatoms. The van der Waals surface area contributed by atoms with Crippen molar-refractivity contribution >= 4 is 5.91 Å². The second-order valence-electron chi connectivity index (χ2n) is 4.54. The zero-order chi connectivity index (χ0) is 12.2. The van der Waals surface area contributed by atoms with Crippen LogP contribution in [0, 0.1) is 0 Å². The summed E-state index contributed by atoms with van der Waals surface area (Å²) in [5.41, 5.74) is 10.5. The molecule has 2 unspecified atom stereocenters. The number of primary amides is 1. The van der Waals surface area contributed by atoms with Gasteiger partial charge in [0.05, 0.1) is 12.1 Å². The molecule has 1 rings (SSSR count). The highest BCUT2D eigenvalue weighted by Gasteiger charge is 2.42. The quantitative estimate of drug-likeness (QED) is 0.654. The number of carbonyl (C=O) groups excluding carboxylic acids is 1. The van der Waals surface area contributed by atoms with Crippen LogP contribution in [0.4, 0.5) is 0 Å². The predicted octanol–water partition coefficient (Wildman–Crippen LogP) is -0.310. The lowest BCUT2D eigenvalue weighted by molar-refractivity contribution is -0.123. The third-order valence-electron chi connectivity index (χ3n) is 3.52. The third-order valence-corrected chi connectivity index (χ3v) is 3.52. The first kappa shape index (κ1) is 13.4. The number of methoxy groups -OCH3 is 1. The summed E-state index contributed by atoms with van der Waals surface area (Å²) in [5, 5.41) is 0. The molecule has 1 aliphatic carbocycles. The van der Waals surface area contributed by atoms with Crippen molar-refractivity contribution in [3.8, 4) is 0 Å². The van der Waals surface area contributed by atoms with Gasteiger partial charge in [-0.05, 0) is 25.8 Å². The standard InChI is InChI=1S/C11H23N3O2/c1-3-14(6-7-16-2)9-4-5-11(13,8-9)10(12)15/h9H,3-8,13H2,1-2H3,(H2,12,15). The number of ether oxygens (including phenoxy) is 1. The van der Waals surface area contributed by atoms with Crippen LogP contribution in [0.25, 0.3) is 0 Å². The second-order valence-corrected chi connectivity index (χ2v) is 4.54. The smallest absolute Gasteiger partial charge is 0.237 e. The van der Waals surface area contributed by atoms with Crippen LogP contribution < -0.4 is 11.5 Å². The molecule has 1 saturated carbocycles. The summed E-state index contributed by atoms with van der Waals surface area (Å²) in [4.78, 5) is 13.6. The predicted molar refractivity (Wildman–Crippen MR) is 62.9 cm³/mol. The molecule has 0 spiro atoms. The molecule has 0 aromatic rings. The zero-order valence-corrected chi connectivity index (χ0v) is 10.2. The Balaban J connectivity index is 2.53. The zero-order valence-electron chi connectivity index (χ0n) is 10.2. The highest BCUT2D eigenvalue weighted by atomic mass is 16.5. The number of nitrogens with zero attached hydrogens (tertiary/aromatic N) is 1. The van der Waals surface area contributed by atoms with Gasteiger partial charge in [-0.3, -0.25) is 9.69 Å². The van der Waals surface area contributed by atoms with Crippen molar-refractivity contribution in [1.82, 2.24) is 4.90 Å². The summed E-state index contributed by atoms with van der Waals surface area (Å²) in [6.07, 6.45) is 2.30. The fourth-order valence-electron chi connectivity index (χ4n) is 2.39. The van der Waals surface area contributed by atoms with Crippen LogP contribution in [0.5, 0.6) is 0 Å². The van der Waals surface area contributed by atoms with E-state index < -0.39 is 5.54 Å². The molecule has 1 amide bonds. The number of amides is 1. The first-order chi connectivity index (χ1) is 7.53. The molecule has 0 bridgehead atoms. The maximum absolute atomic E-state index is 11.2. The van der Waals surface area contributed by atoms with Gasteiger partial charge in [0, 0.05) is 19.7 Å². The van der Waals surface area contributed by atoms with Crippen LogP contribution in [0.2, 0.25) is 0 Å². The minimum absolute atomic E-state index is 0.359. The lowest BCUT2D eigenvalue weighted by Gasteiger charge is -2.28. The Morgan fingerprint density at radius 3 is 2.75 bits per heavy atom. The van der Waals surface area contributed by atoms with Crippen molar-refractivity contribution in [2.24, 2.45) is 11.5 Å². The summed E-state index contributed by atoms with van der Waals surface area (Å²) in [5.74, 6) is -0.377. The van der Waals surface area contributed by atoms with E-state index in [0.717, 1.165) is 19.5 Å². The first-order valence-electron chi connectivity index (χ1n) is 5.85. The Labute approximate surface area is 97.1 Å². The van der Waals surface area contributed by atoms with E-state index in [1.54, 1.807) is 7.11 Å². The van der Waals surface area contributed by atoms with Crippen molar-refractivity contribution < 1.29 is 9.53 Å². The Kier molecular flexibility index (Phi) is 4.70. The number of carbonyl (C=O) groups is 1. The van der Waals surface area contributed by atoms with Crippen LogP contribution >= 0.6 is 0 Å². The van der Waals surface area contributed by atoms with Crippen LogP contribution in [-0.2, 0) is 9.53 Å². The molecular formula is C11H23N3O2. The number of likely N-dealkylation sites (N-methyl/N-ethyl adjacent to an activating group) is 1. The average Bonchev–Trinajstić information content (AvgIpc) is 2.64. The SMILES string of the molecule is CCN(CCOC)C1CCC(N)(C(N)=O)C1. The van der Waals surface area contributed by atoms with Crippen LogP contribution in [-0.4, -0.2) is 49.2 Å². The topological polar surface area (TPSA) is 81.6 Å². The number of hydrogen-bond acceptors (Lipinski definition) is 4. The van der Waals surface area contributed by atoms with Gasteiger partial charge in [-0.2, -0.15) is 0 Å². The van der Waals surface area contributed by atoms with E-state index in [9.17, 15) is 4.79 Å². The third kappa shape index (κ3) is 2.93. The van der Waals surface area contributed by atoms with Gasteiger partial charge in [0.2, 0.25) is 5.91 Å². The van der Waals surface area contributed by atoms with E-state index in [1.807, 2.05) is 0 Å². The van der Waals surface area contributed by atoms with Crippen LogP contribution in [0.15, 0.2) is 0 Å². The van der Waals surface area contributed by atoms with Crippen LogP contribution in [0.3, 0.4) is 0 Å². The van der Waals surface area contributed by atoms with E-state index in [-0.39, 0.29) is 5.91 Å². The molecule has 94 valence electrons. The molecule has 1 fully saturated rings. The molecule has 16 heavy (non-hydrogen) atoms. The second kappa shape index (κ2) is 5.61. The summed E-state index contributed by atoms with van der Waals surface area (Å²) >= 11 is 0. The fourth-order valence-corrected chi connectivity index (χ4v) is 2.39. The molecule has 0 aromatic carbocycles. The molecule has 5 nitrogen and oxygen atoms in total. The van der Waals surface area contributed by atoms with Gasteiger partial charge in [-0.25, -0.2) is 0 Å². The molecular weight excluding hydrogens is 206 g/mol. The number of rotatable bonds is 6. The monoisotopic (exact) mass is 229 g/mol. The van der Waals surface area contributed by atoms with Gasteiger partial charge in [-0.1, -0.05) is 6.92 Å². The van der Waals surface area contributed by atoms with Crippen molar-refractivity contribution in [3.05, 3.63) is 0 Å². The Morgan fingerprint density at radius 2 is 2.31 bits per heavy atom. The molecule has 0 saturated heterocycles. The average molecular weight is 229 g/mol. The number of nitrogens with two attached hydrogens (primary N) is 2. The molecule has 0 heterocycles. The minimum Gasteiger partial charge on any atom is -0.383 e. The van der Waals surface area contributed by atoms with Crippen molar-refractivity contribution in [2.45, 2.75) is 37.8 Å². The minimum atomic E-state index is -0.800. The molecule has 4 N–H and O–H groups in total. The van der Waals surface area contributed by atoms with Crippen LogP contribution in [0.1, 0.15) is 26.2 Å². The first-order valence-corrected chi connectivity index (χ1v) is 5.85. The van der Waals surface area contributed by atoms with Gasteiger partial charge in [-0.15, -0.1) is 0 Å². The highest BCUT2D eigenvalue weighted by Crippen LogP contribution is 2.30. The fraction of sp³-hybridized carbons (Fsp3) is 0.909. The summed E-state index contributed by atoms with van der Waals surface area (Å²) in [6, 6.07) is 0.359. The lowest BCUT2D eigenvalue weighted by atomic mass is 9.98. The van der Waals surface area contributed by atoms with Gasteiger partial charge in [0.15, 0.2) is 0 Å². The Bertz CT molecular complexity index is 247. The van der Waals surface area contributed by atoms with E-state index in [0.29, 0.717) is 25.5 Å². The summed E-state index contributed by atoms with van der Waals surface area (Å²) in [7, 11) is 1.69. The Morgan fingerprint density at radius 1 is 1.62 bits per heavy atom. The molecule has 2 atom stereocenters. The van der Waals surface area contributed by atoms with Gasteiger partial charge in [0.25, 0.3) is 0 Å². The number of hydrogen-bond donors (Lipinski definition) is 2. The maximum Gasteiger partial charge on any atom is 0.237 e. The van der Waals surface area contributed by atoms with Gasteiger partial charge < -0.3 is 16.2 Å². The highest BCUT2D eigenvalue weighted by molar-refractivity contribution is 5.84. The maximum atomic E-state index is 11.2. The van der Waals surface area contributed by atoms with Gasteiger partial charge >= 0.3 is 0 Å². The summed E-state index contributed by atoms with van der Waals surface area (Å²) in [6.45, 7) is 4.64. The molecule has 0 aromatic heterocycles. The molecule has 0 radical (unpaired) electrons. The van der Waals surface area contributed by atoms with Crippen molar-refractivity contribution in [2.75, 3.05) is 26.8 Å². The molecule has 1 aliphatic rings. The van der Waals surface area contributed by atoms with Crippen molar-refractivity contribution in [1.29, 1.82) is 0 Å². The van der Waals surface area contributed by atoms with E-state index in [1.165, 1.54) is 0 Å². The van der Waals surface area contributed by atoms with Gasteiger partial charge in [0.1, 0.15) is 0 Å². The summed E-state index contributed by atoms with van der Waals surface area (Å²) < 4.78 is 5.07. The largest absolute Gasteiger partial charge is 0.383 e. The van der Waals surface area contributed by atoms with E-state index >= 15 is 0 Å². The van der Waals surface area contributed by atoms with E-state index in [2.05, 4.69) is 11.8 Å². The Hall–Kier alpha value is -0.650. The normalized spacial score (nSPS) is 29.9. The molecule has 0 aliphatic heterocycles. The lowest BCUT2D eigenvalue weighted by Crippen LogP contribution is -2.51.